The van der Waals surface area contributed by atoms with E-state index < -0.39 is 6.04 Å². The van der Waals surface area contributed by atoms with E-state index in [2.05, 4.69) is 5.32 Å². The fourth-order valence-corrected chi connectivity index (χ4v) is 4.00. The summed E-state index contributed by atoms with van der Waals surface area (Å²) in [5.74, 6) is 0.956. The van der Waals surface area contributed by atoms with Crippen LogP contribution in [0.15, 0.2) is 36.4 Å². The van der Waals surface area contributed by atoms with Gasteiger partial charge in [-0.2, -0.15) is 0 Å². The lowest BCUT2D eigenvalue weighted by Gasteiger charge is -2.29. The molecular weight excluding hydrogens is 475 g/mol. The molecule has 2 rings (SSSR count). The van der Waals surface area contributed by atoms with E-state index in [0.29, 0.717) is 53.3 Å². The second-order valence-corrected chi connectivity index (χ2v) is 8.65. The molecular formula is C26H34Cl2N2O4. The summed E-state index contributed by atoms with van der Waals surface area (Å²) in [6, 6.07) is 10.2. The van der Waals surface area contributed by atoms with E-state index in [-0.39, 0.29) is 24.8 Å². The summed E-state index contributed by atoms with van der Waals surface area (Å²) < 4.78 is 11.3. The Morgan fingerprint density at radius 3 is 2.26 bits per heavy atom. The lowest BCUT2D eigenvalue weighted by atomic mass is 10.1. The van der Waals surface area contributed by atoms with Crippen molar-refractivity contribution in [2.45, 2.75) is 59.5 Å². The second kappa shape index (κ2) is 14.1. The number of nitrogens with zero attached hydrogens (tertiary/aromatic N) is 1. The molecule has 1 atom stereocenters. The van der Waals surface area contributed by atoms with Crippen LogP contribution < -0.4 is 14.8 Å². The molecule has 0 saturated heterocycles. The topological polar surface area (TPSA) is 67.9 Å². The monoisotopic (exact) mass is 508 g/mol. The molecule has 2 aromatic carbocycles. The fourth-order valence-electron chi connectivity index (χ4n) is 3.48. The zero-order valence-electron chi connectivity index (χ0n) is 20.3. The van der Waals surface area contributed by atoms with Crippen molar-refractivity contribution in [1.82, 2.24) is 10.2 Å². The van der Waals surface area contributed by atoms with Gasteiger partial charge in [-0.3, -0.25) is 9.59 Å². The number of hydrogen-bond donors (Lipinski definition) is 1. The van der Waals surface area contributed by atoms with Crippen molar-refractivity contribution in [3.63, 3.8) is 0 Å². The molecule has 0 aromatic heterocycles. The molecule has 0 fully saturated rings. The molecule has 34 heavy (non-hydrogen) atoms. The van der Waals surface area contributed by atoms with Crippen LogP contribution >= 0.6 is 23.2 Å². The Labute approximate surface area is 212 Å². The summed E-state index contributed by atoms with van der Waals surface area (Å²) >= 11 is 12.7. The highest BCUT2D eigenvalue weighted by Gasteiger charge is 2.27. The molecule has 0 aliphatic rings. The third-order valence-electron chi connectivity index (χ3n) is 5.34. The molecule has 2 amide bonds. The van der Waals surface area contributed by atoms with Crippen LogP contribution in [0.4, 0.5) is 0 Å². The Hall–Kier alpha value is -2.44. The van der Waals surface area contributed by atoms with Crippen LogP contribution in [0.3, 0.4) is 0 Å². The molecule has 2 aromatic rings. The van der Waals surface area contributed by atoms with Crippen LogP contribution in [-0.2, 0) is 22.6 Å². The summed E-state index contributed by atoms with van der Waals surface area (Å²) in [6.07, 6.45) is 1.51. The van der Waals surface area contributed by atoms with E-state index in [4.69, 9.17) is 32.7 Å². The number of carbonyl (C=O) groups is 2. The smallest absolute Gasteiger partial charge is 0.242 e. The number of rotatable bonds is 13. The third kappa shape index (κ3) is 7.81. The zero-order chi connectivity index (χ0) is 25.1. The number of hydrogen-bond acceptors (Lipinski definition) is 4. The van der Waals surface area contributed by atoms with Crippen molar-refractivity contribution in [1.29, 1.82) is 0 Å². The van der Waals surface area contributed by atoms with Crippen LogP contribution in [0.5, 0.6) is 11.5 Å². The summed E-state index contributed by atoms with van der Waals surface area (Å²) in [4.78, 5) is 27.6. The average Bonchev–Trinajstić information content (AvgIpc) is 2.82. The Kier molecular flexibility index (Phi) is 11.5. The molecule has 0 radical (unpaired) electrons. The molecule has 0 saturated carbocycles. The van der Waals surface area contributed by atoms with E-state index in [1.165, 1.54) is 4.90 Å². The first kappa shape index (κ1) is 27.8. The van der Waals surface area contributed by atoms with Crippen molar-refractivity contribution in [3.8, 4) is 11.5 Å². The minimum atomic E-state index is -0.675. The molecule has 0 aliphatic carbocycles. The first-order valence-electron chi connectivity index (χ1n) is 11.7. The highest BCUT2D eigenvalue weighted by atomic mass is 35.5. The maximum absolute atomic E-state index is 13.3. The predicted molar refractivity (Wildman–Crippen MR) is 137 cm³/mol. The van der Waals surface area contributed by atoms with Crippen molar-refractivity contribution >= 4 is 35.0 Å². The Morgan fingerprint density at radius 2 is 1.65 bits per heavy atom. The van der Waals surface area contributed by atoms with E-state index in [1.807, 2.05) is 39.0 Å². The van der Waals surface area contributed by atoms with Crippen molar-refractivity contribution in [2.24, 2.45) is 0 Å². The van der Waals surface area contributed by atoms with Crippen molar-refractivity contribution in [3.05, 3.63) is 57.6 Å². The molecule has 0 bridgehead atoms. The largest absolute Gasteiger partial charge is 0.490 e. The van der Waals surface area contributed by atoms with Gasteiger partial charge in [-0.25, -0.2) is 0 Å². The molecule has 6 nitrogen and oxygen atoms in total. The Morgan fingerprint density at radius 1 is 1.00 bits per heavy atom. The number of aryl methyl sites for hydroxylation is 1. The van der Waals surface area contributed by atoms with Gasteiger partial charge in [0.05, 0.1) is 13.2 Å². The predicted octanol–water partition coefficient (Wildman–Crippen LogP) is 5.67. The summed E-state index contributed by atoms with van der Waals surface area (Å²) in [6.45, 7) is 9.27. The van der Waals surface area contributed by atoms with E-state index in [0.717, 1.165) is 12.0 Å². The molecule has 1 unspecified atom stereocenters. The van der Waals surface area contributed by atoms with Crippen LogP contribution in [0.1, 0.15) is 51.7 Å². The van der Waals surface area contributed by atoms with E-state index in [9.17, 15) is 9.59 Å². The fraction of sp³-hybridized carbons (Fsp3) is 0.462. The number of nitrogens with one attached hydrogen (secondary N) is 1. The first-order chi connectivity index (χ1) is 16.3. The van der Waals surface area contributed by atoms with Crippen molar-refractivity contribution in [2.75, 3.05) is 19.8 Å². The molecule has 0 aliphatic heterocycles. The van der Waals surface area contributed by atoms with Gasteiger partial charge in [0, 0.05) is 35.1 Å². The van der Waals surface area contributed by atoms with Gasteiger partial charge in [0.2, 0.25) is 11.8 Å². The SMILES string of the molecule is CCCNC(=O)C(C)N(Cc1c(Cl)cccc1Cl)C(=O)CCc1ccc(OCC)c(OCC)c1. The van der Waals surface area contributed by atoms with Gasteiger partial charge in [0.1, 0.15) is 6.04 Å². The lowest BCUT2D eigenvalue weighted by Crippen LogP contribution is -2.47. The normalized spacial score (nSPS) is 11.6. The number of benzene rings is 2. The van der Waals surface area contributed by atoms with Crippen molar-refractivity contribution < 1.29 is 19.1 Å². The average molecular weight is 509 g/mol. The number of ether oxygens (including phenoxy) is 2. The lowest BCUT2D eigenvalue weighted by molar-refractivity contribution is -0.140. The third-order valence-corrected chi connectivity index (χ3v) is 6.05. The summed E-state index contributed by atoms with van der Waals surface area (Å²) in [7, 11) is 0. The Balaban J connectivity index is 2.22. The number of amides is 2. The van der Waals surface area contributed by atoms with Crippen LogP contribution in [0.25, 0.3) is 0 Å². The van der Waals surface area contributed by atoms with Gasteiger partial charge in [0.15, 0.2) is 11.5 Å². The number of carbonyl (C=O) groups excluding carboxylic acids is 2. The van der Waals surface area contributed by atoms with Gasteiger partial charge in [-0.1, -0.05) is 42.3 Å². The second-order valence-electron chi connectivity index (χ2n) is 7.84. The minimum Gasteiger partial charge on any atom is -0.490 e. The molecule has 0 spiro atoms. The zero-order valence-corrected chi connectivity index (χ0v) is 21.8. The quantitative estimate of drug-likeness (QED) is 0.378. The molecule has 1 N–H and O–H groups in total. The van der Waals surface area contributed by atoms with Crippen LogP contribution in [-0.4, -0.2) is 42.5 Å². The van der Waals surface area contributed by atoms with Crippen LogP contribution in [0.2, 0.25) is 10.0 Å². The summed E-state index contributed by atoms with van der Waals surface area (Å²) in [5, 5.41) is 3.78. The minimum absolute atomic E-state index is 0.144. The maximum Gasteiger partial charge on any atom is 0.242 e. The van der Waals surface area contributed by atoms with E-state index in [1.54, 1.807) is 25.1 Å². The van der Waals surface area contributed by atoms with Gasteiger partial charge in [-0.05, 0) is 63.4 Å². The Bertz CT molecular complexity index is 948. The standard InChI is InChI=1S/C26H34Cl2N2O4/c1-5-15-29-26(32)18(4)30(17-20-21(27)9-8-10-22(20)28)25(31)14-12-19-11-13-23(33-6-2)24(16-19)34-7-3/h8-11,13,16,18H,5-7,12,14-15,17H2,1-4H3,(H,29,32). The van der Waals surface area contributed by atoms with E-state index >= 15 is 0 Å². The maximum atomic E-state index is 13.3. The van der Waals surface area contributed by atoms with Crippen LogP contribution in [0, 0.1) is 0 Å². The molecule has 0 heterocycles. The van der Waals surface area contributed by atoms with Gasteiger partial charge < -0.3 is 19.7 Å². The highest BCUT2D eigenvalue weighted by molar-refractivity contribution is 6.36. The first-order valence-corrected chi connectivity index (χ1v) is 12.5. The number of halogens is 2. The highest BCUT2D eigenvalue weighted by Crippen LogP contribution is 2.30. The van der Waals surface area contributed by atoms with Gasteiger partial charge >= 0.3 is 0 Å². The molecule has 186 valence electrons. The summed E-state index contributed by atoms with van der Waals surface area (Å²) in [5.41, 5.74) is 1.56. The molecule has 8 heteroatoms. The van der Waals surface area contributed by atoms with Gasteiger partial charge in [-0.15, -0.1) is 0 Å². The van der Waals surface area contributed by atoms with Gasteiger partial charge in [0.25, 0.3) is 0 Å².